The van der Waals surface area contributed by atoms with E-state index >= 15 is 0 Å². The Morgan fingerprint density at radius 2 is 1.29 bits per heavy atom. The largest absolute Gasteiger partial charge is 0.480 e. The van der Waals surface area contributed by atoms with Crippen molar-refractivity contribution in [2.75, 3.05) is 19.8 Å². The molecule has 0 saturated carbocycles. The first-order valence-electron chi connectivity index (χ1n) is 11.0. The van der Waals surface area contributed by atoms with Gasteiger partial charge in [0.15, 0.2) is 0 Å². The standard InChI is InChI=1S/C20H41NO8P2/c1-9-12-14-26-30(23,27-15-13-10-2)20(19(25-11-3)21-18(8)22)31(24,28-16(4)5)29-17(6)7/h16-17,20H,9-15H2,1-8H3. The zero-order chi connectivity index (χ0) is 24.1. The molecule has 31 heavy (non-hydrogen) atoms. The molecule has 0 spiro atoms. The summed E-state index contributed by atoms with van der Waals surface area (Å²) in [5.41, 5.74) is 0. The minimum atomic E-state index is -4.22. The van der Waals surface area contributed by atoms with Gasteiger partial charge in [0.1, 0.15) is 0 Å². The summed E-state index contributed by atoms with van der Waals surface area (Å²) >= 11 is 0. The number of rotatable bonds is 16. The van der Waals surface area contributed by atoms with E-state index in [0.717, 1.165) is 12.8 Å². The molecule has 11 heteroatoms. The smallest absolute Gasteiger partial charge is 0.355 e. The predicted octanol–water partition coefficient (Wildman–Crippen LogP) is 6.16. The van der Waals surface area contributed by atoms with Crippen LogP contribution in [0.2, 0.25) is 0 Å². The predicted molar refractivity (Wildman–Crippen MR) is 123 cm³/mol. The molecule has 0 fully saturated rings. The number of unbranched alkanes of at least 4 members (excludes halogenated alkanes) is 2. The zero-order valence-corrected chi connectivity index (χ0v) is 22.1. The molecule has 0 aromatic carbocycles. The number of hydrogen-bond acceptors (Lipinski definition) is 8. The zero-order valence-electron chi connectivity index (χ0n) is 20.3. The van der Waals surface area contributed by atoms with E-state index in [9.17, 15) is 13.9 Å². The van der Waals surface area contributed by atoms with Crippen molar-refractivity contribution < 1.29 is 36.8 Å². The number of ether oxygens (including phenoxy) is 1. The van der Waals surface area contributed by atoms with E-state index in [4.69, 9.17) is 22.8 Å². The van der Waals surface area contributed by atoms with Gasteiger partial charge in [-0.2, -0.15) is 4.99 Å². The van der Waals surface area contributed by atoms with Gasteiger partial charge in [0.05, 0.1) is 32.0 Å². The van der Waals surface area contributed by atoms with Gasteiger partial charge in [-0.3, -0.25) is 13.9 Å². The van der Waals surface area contributed by atoms with Gasteiger partial charge in [-0.1, -0.05) is 26.7 Å². The second-order valence-corrected chi connectivity index (χ2v) is 12.1. The Hall–Kier alpha value is -0.560. The van der Waals surface area contributed by atoms with Crippen molar-refractivity contribution in [1.82, 2.24) is 0 Å². The highest BCUT2D eigenvalue weighted by atomic mass is 31.2. The molecule has 0 aliphatic heterocycles. The van der Waals surface area contributed by atoms with Crippen molar-refractivity contribution in [3.63, 3.8) is 0 Å². The van der Waals surface area contributed by atoms with Gasteiger partial charge in [0.25, 0.3) is 0 Å². The van der Waals surface area contributed by atoms with Crippen LogP contribution in [0, 0.1) is 0 Å². The Labute approximate surface area is 187 Å². The van der Waals surface area contributed by atoms with E-state index in [1.54, 1.807) is 34.6 Å². The SMILES string of the molecule is CCCCOP(=O)(OCCCC)C(C(=NC(C)=O)OCC)P(=O)(OC(C)C)OC(C)C. The first-order valence-corrected chi connectivity index (χ1v) is 14.2. The summed E-state index contributed by atoms with van der Waals surface area (Å²) in [6.45, 7) is 13.8. The molecule has 1 atom stereocenters. The summed E-state index contributed by atoms with van der Waals surface area (Å²) in [6, 6.07) is 0. The topological polar surface area (TPSA) is 110 Å². The van der Waals surface area contributed by atoms with Gasteiger partial charge in [-0.05, 0) is 47.5 Å². The van der Waals surface area contributed by atoms with Crippen molar-refractivity contribution >= 4 is 27.0 Å². The van der Waals surface area contributed by atoms with Crippen molar-refractivity contribution in [2.24, 2.45) is 4.99 Å². The second kappa shape index (κ2) is 15.3. The van der Waals surface area contributed by atoms with Crippen LogP contribution in [0.25, 0.3) is 0 Å². The Morgan fingerprint density at radius 1 is 0.839 bits per heavy atom. The molecule has 0 heterocycles. The fourth-order valence-corrected chi connectivity index (χ4v) is 7.99. The minimum absolute atomic E-state index is 0.0931. The van der Waals surface area contributed by atoms with Crippen molar-refractivity contribution in [3.05, 3.63) is 0 Å². The number of carbonyl (C=O) groups is 1. The highest BCUT2D eigenvalue weighted by molar-refractivity contribution is 7.74. The third kappa shape index (κ3) is 11.2. The number of hydrogen-bond donors (Lipinski definition) is 0. The number of amides is 1. The van der Waals surface area contributed by atoms with Crippen LogP contribution in [0.1, 0.15) is 81.1 Å². The fraction of sp³-hybridized carbons (Fsp3) is 0.900. The normalized spacial score (nSPS) is 14.3. The molecule has 184 valence electrons. The first kappa shape index (κ1) is 30.4. The molecule has 1 amide bonds. The average Bonchev–Trinajstić information content (AvgIpc) is 2.60. The van der Waals surface area contributed by atoms with Gasteiger partial charge >= 0.3 is 15.2 Å². The molecule has 0 aliphatic rings. The van der Waals surface area contributed by atoms with E-state index in [1.807, 2.05) is 13.8 Å². The maximum Gasteiger partial charge on any atom is 0.355 e. The number of aliphatic imine (C=N–C) groups is 1. The van der Waals surface area contributed by atoms with Crippen LogP contribution in [-0.4, -0.2) is 49.2 Å². The van der Waals surface area contributed by atoms with E-state index in [2.05, 4.69) is 4.99 Å². The molecule has 0 bridgehead atoms. The van der Waals surface area contributed by atoms with E-state index < -0.39 is 38.7 Å². The third-order valence-corrected chi connectivity index (χ3v) is 9.49. The molecular formula is C20H41NO8P2. The van der Waals surface area contributed by atoms with E-state index in [0.29, 0.717) is 12.8 Å². The fourth-order valence-electron chi connectivity index (χ4n) is 2.49. The third-order valence-electron chi connectivity index (χ3n) is 3.63. The van der Waals surface area contributed by atoms with Gasteiger partial charge in [0, 0.05) is 6.92 Å². The number of nitrogens with zero attached hydrogens (tertiary/aromatic N) is 1. The highest BCUT2D eigenvalue weighted by Crippen LogP contribution is 2.71. The molecule has 0 aromatic heterocycles. The number of carbonyl (C=O) groups excluding carboxylic acids is 1. The lowest BCUT2D eigenvalue weighted by Gasteiger charge is -2.33. The molecule has 9 nitrogen and oxygen atoms in total. The average molecular weight is 485 g/mol. The maximum absolute atomic E-state index is 14.1. The lowest BCUT2D eigenvalue weighted by atomic mass is 10.4. The minimum Gasteiger partial charge on any atom is -0.480 e. The molecule has 0 aromatic rings. The monoisotopic (exact) mass is 485 g/mol. The van der Waals surface area contributed by atoms with Gasteiger partial charge < -0.3 is 22.8 Å². The van der Waals surface area contributed by atoms with Crippen LogP contribution < -0.4 is 0 Å². The van der Waals surface area contributed by atoms with Crippen LogP contribution in [0.3, 0.4) is 0 Å². The van der Waals surface area contributed by atoms with Crippen LogP contribution >= 0.6 is 15.2 Å². The van der Waals surface area contributed by atoms with Crippen LogP contribution in [0.5, 0.6) is 0 Å². The van der Waals surface area contributed by atoms with Crippen molar-refractivity contribution in [2.45, 2.75) is 98.7 Å². The molecule has 0 rings (SSSR count). The lowest BCUT2D eigenvalue weighted by Crippen LogP contribution is -2.31. The quantitative estimate of drug-likeness (QED) is 0.111. The second-order valence-electron chi connectivity index (χ2n) is 7.54. The summed E-state index contributed by atoms with van der Waals surface area (Å²) in [6.07, 6.45) is 1.74. The summed E-state index contributed by atoms with van der Waals surface area (Å²) in [4.78, 5) is 15.7. The maximum atomic E-state index is 14.1. The Balaban J connectivity index is 6.73. The van der Waals surface area contributed by atoms with Crippen LogP contribution in [-0.2, 0) is 36.8 Å². The summed E-state index contributed by atoms with van der Waals surface area (Å²) in [5.74, 6) is -0.932. The Morgan fingerprint density at radius 3 is 1.61 bits per heavy atom. The Kier molecular flexibility index (Phi) is 15.0. The molecule has 0 aliphatic carbocycles. The Bertz CT molecular complexity index is 623. The van der Waals surface area contributed by atoms with Gasteiger partial charge in [0.2, 0.25) is 17.2 Å². The van der Waals surface area contributed by atoms with Crippen molar-refractivity contribution in [3.8, 4) is 0 Å². The van der Waals surface area contributed by atoms with Crippen molar-refractivity contribution in [1.29, 1.82) is 0 Å². The molecule has 0 N–H and O–H groups in total. The summed E-state index contributed by atoms with van der Waals surface area (Å²) < 4.78 is 56.6. The first-order chi connectivity index (χ1) is 14.5. The van der Waals surface area contributed by atoms with Crippen LogP contribution in [0.4, 0.5) is 0 Å². The molecular weight excluding hydrogens is 444 g/mol. The van der Waals surface area contributed by atoms with E-state index in [-0.39, 0.29) is 25.7 Å². The van der Waals surface area contributed by atoms with Gasteiger partial charge in [-0.15, -0.1) is 0 Å². The molecule has 0 saturated heterocycles. The molecule has 0 radical (unpaired) electrons. The molecule has 1 unspecified atom stereocenters. The highest BCUT2D eigenvalue weighted by Gasteiger charge is 2.56. The van der Waals surface area contributed by atoms with Gasteiger partial charge in [-0.25, -0.2) is 0 Å². The van der Waals surface area contributed by atoms with Crippen LogP contribution in [0.15, 0.2) is 4.99 Å². The summed E-state index contributed by atoms with van der Waals surface area (Å²) in [5, 5.41) is -1.62. The van der Waals surface area contributed by atoms with E-state index in [1.165, 1.54) is 6.92 Å². The summed E-state index contributed by atoms with van der Waals surface area (Å²) in [7, 11) is -8.41. The lowest BCUT2D eigenvalue weighted by molar-refractivity contribution is -0.115.